The van der Waals surface area contributed by atoms with Gasteiger partial charge in [0, 0.05) is 23.0 Å². The van der Waals surface area contributed by atoms with Crippen molar-refractivity contribution in [2.24, 2.45) is 23.7 Å². The number of fused-ring (bicyclic) bond motifs is 4. The molecule has 1 aliphatic heterocycles. The smallest absolute Gasteiger partial charge is 0.238 e. The maximum absolute atomic E-state index is 15.4. The van der Waals surface area contributed by atoms with E-state index in [1.165, 1.54) is 18.1 Å². The number of amides is 2. The van der Waals surface area contributed by atoms with Crippen LogP contribution in [0, 0.1) is 27.2 Å². The zero-order chi connectivity index (χ0) is 42.6. The van der Waals surface area contributed by atoms with Crippen molar-refractivity contribution in [1.29, 1.82) is 0 Å². The first-order chi connectivity index (χ1) is 29.6. The average Bonchev–Trinajstić information content (AvgIpc) is 3.56. The minimum absolute atomic E-state index is 0.0340. The van der Waals surface area contributed by atoms with E-state index in [-0.39, 0.29) is 47.7 Å². The second-order valence-corrected chi connectivity index (χ2v) is 17.0. The van der Waals surface area contributed by atoms with Gasteiger partial charge in [0.15, 0.2) is 23.1 Å². The molecule has 4 aliphatic rings. The Morgan fingerprint density at radius 1 is 0.754 bits per heavy atom. The molecule has 1 saturated carbocycles. The Bertz CT molecular complexity index is 2690. The first kappa shape index (κ1) is 40.2. The summed E-state index contributed by atoms with van der Waals surface area (Å²) in [4.78, 5) is 61.3. The molecule has 306 valence electrons. The van der Waals surface area contributed by atoms with E-state index in [4.69, 9.17) is 14.2 Å². The largest absolute Gasteiger partial charge is 0.504 e. The van der Waals surface area contributed by atoms with Crippen molar-refractivity contribution >= 4 is 69.4 Å². The molecule has 6 atom stereocenters. The molecule has 5 aromatic carbocycles. The van der Waals surface area contributed by atoms with Crippen LogP contribution in [0.15, 0.2) is 133 Å². The Hall–Kier alpha value is -6.27. The number of ether oxygens (including phenoxy) is 3. The number of carbonyl (C=O) groups excluding carboxylic acids is 4. The highest BCUT2D eigenvalue weighted by atomic mass is 127. The van der Waals surface area contributed by atoms with Crippen LogP contribution in [0.1, 0.15) is 46.6 Å². The van der Waals surface area contributed by atoms with Crippen molar-refractivity contribution in [2.75, 3.05) is 26.2 Å². The quantitative estimate of drug-likeness (QED) is 0.0673. The van der Waals surface area contributed by atoms with Crippen molar-refractivity contribution < 1.29 is 38.5 Å². The summed E-state index contributed by atoms with van der Waals surface area (Å²) in [5.41, 5.74) is 3.89. The number of aromatic hydroxyl groups is 1. The van der Waals surface area contributed by atoms with Gasteiger partial charge in [-0.2, -0.15) is 0 Å². The molecule has 1 saturated heterocycles. The first-order valence-electron chi connectivity index (χ1n) is 20.2. The number of anilines is 1. The van der Waals surface area contributed by atoms with Crippen molar-refractivity contribution in [3.8, 4) is 23.0 Å². The van der Waals surface area contributed by atoms with E-state index in [9.17, 15) is 14.7 Å². The predicted molar refractivity (Wildman–Crippen MR) is 241 cm³/mol. The number of phenolic OH excluding ortho intramolecular Hbond substituents is 1. The number of allylic oxidation sites excluding steroid dienone is 4. The molecule has 3 aliphatic carbocycles. The van der Waals surface area contributed by atoms with Crippen LogP contribution < -0.4 is 19.1 Å². The number of halogens is 1. The van der Waals surface area contributed by atoms with Gasteiger partial charge in [-0.3, -0.25) is 24.1 Å². The number of Topliss-reactive ketones (excluding diaryl/α,β-unsaturated/α-hetero) is 1. The molecule has 10 heteroatoms. The predicted octanol–water partition coefficient (Wildman–Crippen LogP) is 9.22. The van der Waals surface area contributed by atoms with Gasteiger partial charge in [-0.25, -0.2) is 0 Å². The fourth-order valence-electron chi connectivity index (χ4n) is 10.3. The molecular weight excluding hydrogens is 881 g/mol. The fraction of sp³-hybridized carbons (Fsp3) is 0.216. The molecular formula is C51H42INO8. The average molecular weight is 924 g/mol. The standard InChI is InChI=1S/C51H42INO8/c1-59-35-20-23-42(60-2)31(24-35)17-14-29-15-18-34(19-16-29)53-49(57)37-22-21-36-39(45(37)50(53)58)27-40-47(55)38(30-10-6-4-7-11-30)28-44(54)51(40,33-12-8-5-9-13-33)46(36)32-25-41(52)48(56)43(26-32)61-3/h4-21,23-26,28,37,39-40,45-46,56H,22,27H2,1-3H3. The Balaban J connectivity index is 1.14. The van der Waals surface area contributed by atoms with E-state index in [0.29, 0.717) is 43.0 Å². The number of benzene rings is 5. The van der Waals surface area contributed by atoms with Gasteiger partial charge in [-0.05, 0) is 112 Å². The third-order valence-corrected chi connectivity index (χ3v) is 13.8. The molecule has 0 radical (unpaired) electrons. The number of carbonyl (C=O) groups is 4. The van der Waals surface area contributed by atoms with E-state index >= 15 is 9.59 Å². The SMILES string of the molecule is COc1ccc(OC)c(C=Cc2ccc(N3C(=O)C4CC=C5C(CC6C(=O)C(c7ccccc7)=CC(=O)C6(c6ccccc6)C5c5cc(I)c(O)c(OC)c5)C4C3=O)cc2)c1. The van der Waals surface area contributed by atoms with Crippen LogP contribution in [0.3, 0.4) is 0 Å². The second kappa shape index (κ2) is 16.0. The Labute approximate surface area is 367 Å². The van der Waals surface area contributed by atoms with E-state index < -0.39 is 35.0 Å². The summed E-state index contributed by atoms with van der Waals surface area (Å²) in [6, 6.07) is 35.0. The number of rotatable bonds is 9. The highest BCUT2D eigenvalue weighted by Crippen LogP contribution is 2.64. The van der Waals surface area contributed by atoms with Gasteiger partial charge in [-0.1, -0.05) is 96.6 Å². The van der Waals surface area contributed by atoms with Crippen molar-refractivity contribution in [3.05, 3.63) is 164 Å². The lowest BCUT2D eigenvalue weighted by atomic mass is 9.44. The maximum atomic E-state index is 15.4. The van der Waals surface area contributed by atoms with Gasteiger partial charge in [-0.15, -0.1) is 0 Å². The van der Waals surface area contributed by atoms with Crippen LogP contribution in [0.5, 0.6) is 23.0 Å². The van der Waals surface area contributed by atoms with Crippen molar-refractivity contribution in [1.82, 2.24) is 0 Å². The number of ketones is 2. The summed E-state index contributed by atoms with van der Waals surface area (Å²) >= 11 is 2.05. The van der Waals surface area contributed by atoms with E-state index in [1.54, 1.807) is 32.4 Å². The number of methoxy groups -OCH3 is 3. The molecule has 0 bridgehead atoms. The third-order valence-electron chi connectivity index (χ3n) is 13.0. The monoisotopic (exact) mass is 923 g/mol. The summed E-state index contributed by atoms with van der Waals surface area (Å²) in [6.07, 6.45) is 7.84. The highest BCUT2D eigenvalue weighted by Gasteiger charge is 2.66. The summed E-state index contributed by atoms with van der Waals surface area (Å²) < 4.78 is 17.1. The normalized spacial score (nSPS) is 24.5. The fourth-order valence-corrected chi connectivity index (χ4v) is 10.9. The molecule has 1 N–H and O–H groups in total. The van der Waals surface area contributed by atoms with Crippen LogP contribution >= 0.6 is 22.6 Å². The second-order valence-electron chi connectivity index (χ2n) is 15.9. The summed E-state index contributed by atoms with van der Waals surface area (Å²) in [6.45, 7) is 0. The van der Waals surface area contributed by atoms with Crippen LogP contribution in [0.25, 0.3) is 17.7 Å². The van der Waals surface area contributed by atoms with E-state index in [2.05, 4.69) is 22.6 Å². The van der Waals surface area contributed by atoms with Gasteiger partial charge < -0.3 is 19.3 Å². The summed E-state index contributed by atoms with van der Waals surface area (Å²) in [5.74, 6) is -3.04. The van der Waals surface area contributed by atoms with Crippen LogP contribution in [-0.4, -0.2) is 49.8 Å². The van der Waals surface area contributed by atoms with Crippen molar-refractivity contribution in [3.63, 3.8) is 0 Å². The number of hydrogen-bond acceptors (Lipinski definition) is 8. The lowest BCUT2D eigenvalue weighted by Gasteiger charge is -2.55. The number of nitrogens with zero attached hydrogens (tertiary/aromatic N) is 1. The minimum Gasteiger partial charge on any atom is -0.504 e. The minimum atomic E-state index is -1.40. The molecule has 5 aromatic rings. The molecule has 0 aromatic heterocycles. The number of imide groups is 1. The van der Waals surface area contributed by atoms with E-state index in [1.807, 2.05) is 115 Å². The first-order valence-corrected chi connectivity index (χ1v) is 21.2. The Morgan fingerprint density at radius 3 is 2.15 bits per heavy atom. The number of hydrogen-bond donors (Lipinski definition) is 1. The van der Waals surface area contributed by atoms with E-state index in [0.717, 1.165) is 16.7 Å². The van der Waals surface area contributed by atoms with Crippen LogP contribution in [-0.2, 0) is 24.6 Å². The van der Waals surface area contributed by atoms with Gasteiger partial charge in [0.2, 0.25) is 11.8 Å². The van der Waals surface area contributed by atoms with Gasteiger partial charge in [0.05, 0.1) is 47.8 Å². The molecule has 9 rings (SSSR count). The third kappa shape index (κ3) is 6.50. The molecule has 6 unspecified atom stereocenters. The molecule has 9 nitrogen and oxygen atoms in total. The molecule has 1 heterocycles. The lowest BCUT2D eigenvalue weighted by Crippen LogP contribution is -2.58. The number of phenols is 1. The van der Waals surface area contributed by atoms with Crippen LogP contribution in [0.4, 0.5) is 5.69 Å². The molecule has 0 spiro atoms. The highest BCUT2D eigenvalue weighted by molar-refractivity contribution is 14.1. The van der Waals surface area contributed by atoms with Gasteiger partial charge in [0.1, 0.15) is 11.5 Å². The van der Waals surface area contributed by atoms with Crippen LogP contribution in [0.2, 0.25) is 0 Å². The zero-order valence-corrected chi connectivity index (χ0v) is 35.9. The van der Waals surface area contributed by atoms with Crippen molar-refractivity contribution in [2.45, 2.75) is 24.2 Å². The zero-order valence-electron chi connectivity index (χ0n) is 33.7. The molecule has 2 fully saturated rings. The summed E-state index contributed by atoms with van der Waals surface area (Å²) in [5, 5.41) is 11.0. The molecule has 61 heavy (non-hydrogen) atoms. The molecule has 2 amide bonds. The Kier molecular flexibility index (Phi) is 10.5. The summed E-state index contributed by atoms with van der Waals surface area (Å²) in [7, 11) is 4.69. The maximum Gasteiger partial charge on any atom is 0.238 e. The van der Waals surface area contributed by atoms with Gasteiger partial charge >= 0.3 is 0 Å². The van der Waals surface area contributed by atoms with Gasteiger partial charge in [0.25, 0.3) is 0 Å². The lowest BCUT2D eigenvalue weighted by molar-refractivity contribution is -0.135. The topological polar surface area (TPSA) is 119 Å². The Morgan fingerprint density at radius 2 is 1.46 bits per heavy atom.